The van der Waals surface area contributed by atoms with Crippen LogP contribution in [0.2, 0.25) is 0 Å². The van der Waals surface area contributed by atoms with Crippen molar-refractivity contribution >= 4 is 11.4 Å². The number of fused-ring (bicyclic) bond motifs is 1. The van der Waals surface area contributed by atoms with Gasteiger partial charge in [-0.3, -0.25) is 0 Å². The molecule has 1 saturated carbocycles. The Morgan fingerprint density at radius 2 is 2.00 bits per heavy atom. The Bertz CT molecular complexity index is 440. The van der Waals surface area contributed by atoms with E-state index >= 15 is 0 Å². The molecule has 2 N–H and O–H groups in total. The average molecular weight is 260 g/mol. The lowest BCUT2D eigenvalue weighted by Crippen LogP contribution is -2.51. The van der Waals surface area contributed by atoms with Gasteiger partial charge in [0.05, 0.1) is 17.0 Å². The summed E-state index contributed by atoms with van der Waals surface area (Å²) in [5, 5.41) is 14.3. The summed E-state index contributed by atoms with van der Waals surface area (Å²) in [5.74, 6) is 0. The fourth-order valence-electron chi connectivity index (χ4n) is 3.40. The molecular weight excluding hydrogens is 236 g/mol. The van der Waals surface area contributed by atoms with Gasteiger partial charge >= 0.3 is 0 Å². The van der Waals surface area contributed by atoms with Gasteiger partial charge in [0.25, 0.3) is 0 Å². The second kappa shape index (κ2) is 5.04. The summed E-state index contributed by atoms with van der Waals surface area (Å²) in [7, 11) is 0. The third-order valence-electron chi connectivity index (χ3n) is 4.58. The predicted molar refractivity (Wildman–Crippen MR) is 79.8 cm³/mol. The van der Waals surface area contributed by atoms with Gasteiger partial charge in [-0.15, -0.1) is 0 Å². The lowest BCUT2D eigenvalue weighted by atomic mass is 9.84. The van der Waals surface area contributed by atoms with Crippen molar-refractivity contribution in [1.82, 2.24) is 0 Å². The zero-order valence-corrected chi connectivity index (χ0v) is 11.7. The van der Waals surface area contributed by atoms with Crippen LogP contribution in [0.1, 0.15) is 39.0 Å². The Balaban J connectivity index is 1.83. The highest BCUT2D eigenvalue weighted by atomic mass is 16.3. The topological polar surface area (TPSA) is 35.5 Å². The lowest BCUT2D eigenvalue weighted by molar-refractivity contribution is 0.00975. The van der Waals surface area contributed by atoms with E-state index in [0.717, 1.165) is 25.9 Å². The smallest absolute Gasteiger partial charge is 0.0822 e. The normalized spacial score (nSPS) is 25.6. The molecule has 0 aromatic heterocycles. The van der Waals surface area contributed by atoms with Crippen molar-refractivity contribution in [1.29, 1.82) is 0 Å². The maximum atomic E-state index is 10.8. The van der Waals surface area contributed by atoms with Gasteiger partial charge in [-0.05, 0) is 31.9 Å². The number of nitrogens with zero attached hydrogens (tertiary/aromatic N) is 1. The van der Waals surface area contributed by atoms with Crippen molar-refractivity contribution in [3.8, 4) is 0 Å². The van der Waals surface area contributed by atoms with Gasteiger partial charge in [0.15, 0.2) is 0 Å². The maximum Gasteiger partial charge on any atom is 0.0822 e. The lowest BCUT2D eigenvalue weighted by Gasteiger charge is -2.43. The standard InChI is InChI=1S/C16H24N2O/c1-13-11-17-14-7-3-4-8-15(14)18(13)12-16(19)9-5-2-6-10-16/h3-4,7-8,13,17,19H,2,5-6,9-12H2,1H3. The van der Waals surface area contributed by atoms with Crippen LogP contribution in [0.25, 0.3) is 0 Å². The minimum absolute atomic E-state index is 0.431. The Kier molecular flexibility index (Phi) is 3.40. The van der Waals surface area contributed by atoms with Gasteiger partial charge in [-0.25, -0.2) is 0 Å². The summed E-state index contributed by atoms with van der Waals surface area (Å²) in [6, 6.07) is 8.86. The van der Waals surface area contributed by atoms with E-state index in [-0.39, 0.29) is 0 Å². The molecule has 0 radical (unpaired) electrons. The molecule has 0 bridgehead atoms. The molecule has 1 fully saturated rings. The highest BCUT2D eigenvalue weighted by Gasteiger charge is 2.34. The first kappa shape index (κ1) is 12.8. The van der Waals surface area contributed by atoms with Gasteiger partial charge in [0, 0.05) is 19.1 Å². The number of rotatable bonds is 2. The number of benzene rings is 1. The Morgan fingerprint density at radius 1 is 1.26 bits per heavy atom. The second-order valence-electron chi connectivity index (χ2n) is 6.16. The Hall–Kier alpha value is -1.22. The number of hydrogen-bond donors (Lipinski definition) is 2. The van der Waals surface area contributed by atoms with Crippen molar-refractivity contribution in [3.05, 3.63) is 24.3 Å². The van der Waals surface area contributed by atoms with Gasteiger partial charge in [-0.1, -0.05) is 31.4 Å². The van der Waals surface area contributed by atoms with E-state index in [4.69, 9.17) is 0 Å². The van der Waals surface area contributed by atoms with E-state index < -0.39 is 5.60 Å². The Morgan fingerprint density at radius 3 is 2.79 bits per heavy atom. The zero-order chi connectivity index (χ0) is 13.3. The van der Waals surface area contributed by atoms with Crippen molar-refractivity contribution in [3.63, 3.8) is 0 Å². The van der Waals surface area contributed by atoms with E-state index in [0.29, 0.717) is 6.04 Å². The molecule has 104 valence electrons. The van der Waals surface area contributed by atoms with Crippen LogP contribution in [0.4, 0.5) is 11.4 Å². The molecule has 3 rings (SSSR count). The highest BCUT2D eigenvalue weighted by molar-refractivity contribution is 5.72. The van der Waals surface area contributed by atoms with E-state index in [2.05, 4.69) is 41.4 Å². The van der Waals surface area contributed by atoms with Crippen molar-refractivity contribution < 1.29 is 5.11 Å². The van der Waals surface area contributed by atoms with Gasteiger partial charge < -0.3 is 15.3 Å². The van der Waals surface area contributed by atoms with Crippen LogP contribution in [0.3, 0.4) is 0 Å². The molecule has 3 heteroatoms. The molecule has 1 aromatic rings. The van der Waals surface area contributed by atoms with E-state index in [9.17, 15) is 5.11 Å². The molecule has 1 aromatic carbocycles. The number of anilines is 2. The number of nitrogens with one attached hydrogen (secondary N) is 1. The molecule has 0 saturated heterocycles. The largest absolute Gasteiger partial charge is 0.388 e. The molecule has 1 atom stereocenters. The maximum absolute atomic E-state index is 10.8. The average Bonchev–Trinajstić information content (AvgIpc) is 2.43. The molecule has 1 aliphatic carbocycles. The summed E-state index contributed by atoms with van der Waals surface area (Å²) in [5.41, 5.74) is 1.94. The van der Waals surface area contributed by atoms with Crippen LogP contribution in [-0.2, 0) is 0 Å². The first-order valence-electron chi connectivity index (χ1n) is 7.50. The van der Waals surface area contributed by atoms with Gasteiger partial charge in [0.1, 0.15) is 0 Å². The Labute approximate surface area is 115 Å². The van der Waals surface area contributed by atoms with Crippen LogP contribution in [0.5, 0.6) is 0 Å². The second-order valence-corrected chi connectivity index (χ2v) is 6.16. The van der Waals surface area contributed by atoms with Crippen LogP contribution in [0, 0.1) is 0 Å². The molecule has 1 unspecified atom stereocenters. The van der Waals surface area contributed by atoms with Crippen LogP contribution >= 0.6 is 0 Å². The molecule has 1 heterocycles. The third kappa shape index (κ3) is 2.57. The fraction of sp³-hybridized carbons (Fsp3) is 0.625. The third-order valence-corrected chi connectivity index (χ3v) is 4.58. The van der Waals surface area contributed by atoms with E-state index in [1.54, 1.807) is 0 Å². The van der Waals surface area contributed by atoms with E-state index in [1.807, 2.05) is 0 Å². The number of aliphatic hydroxyl groups is 1. The van der Waals surface area contributed by atoms with Crippen LogP contribution < -0.4 is 10.2 Å². The van der Waals surface area contributed by atoms with E-state index in [1.165, 1.54) is 30.6 Å². The predicted octanol–water partition coefficient (Wildman–Crippen LogP) is 3.00. The summed E-state index contributed by atoms with van der Waals surface area (Å²) in [6.07, 6.45) is 5.50. The van der Waals surface area contributed by atoms with Crippen LogP contribution in [-0.4, -0.2) is 29.8 Å². The molecule has 2 aliphatic rings. The first-order chi connectivity index (χ1) is 9.18. The molecule has 0 amide bonds. The monoisotopic (exact) mass is 260 g/mol. The number of β-amino-alcohol motifs (C(OH)–C–C–N with tert-alkyl or cyclic N) is 1. The molecule has 3 nitrogen and oxygen atoms in total. The number of hydrogen-bond acceptors (Lipinski definition) is 3. The summed E-state index contributed by atoms with van der Waals surface area (Å²) < 4.78 is 0. The summed E-state index contributed by atoms with van der Waals surface area (Å²) >= 11 is 0. The van der Waals surface area contributed by atoms with Crippen molar-refractivity contribution in [2.45, 2.75) is 50.7 Å². The quantitative estimate of drug-likeness (QED) is 0.858. The van der Waals surface area contributed by atoms with Crippen molar-refractivity contribution in [2.75, 3.05) is 23.3 Å². The number of para-hydroxylation sites is 2. The zero-order valence-electron chi connectivity index (χ0n) is 11.7. The van der Waals surface area contributed by atoms with Crippen molar-refractivity contribution in [2.24, 2.45) is 0 Å². The molecular formula is C16H24N2O. The first-order valence-corrected chi connectivity index (χ1v) is 7.50. The van der Waals surface area contributed by atoms with Gasteiger partial charge in [0.2, 0.25) is 0 Å². The minimum Gasteiger partial charge on any atom is -0.388 e. The highest BCUT2D eigenvalue weighted by Crippen LogP contribution is 2.35. The van der Waals surface area contributed by atoms with Crippen LogP contribution in [0.15, 0.2) is 24.3 Å². The minimum atomic E-state index is -0.489. The molecule has 0 spiro atoms. The molecule has 1 aliphatic heterocycles. The summed E-state index contributed by atoms with van der Waals surface area (Å²) in [4.78, 5) is 2.39. The summed E-state index contributed by atoms with van der Waals surface area (Å²) in [6.45, 7) is 3.95. The molecule has 19 heavy (non-hydrogen) atoms. The van der Waals surface area contributed by atoms with Gasteiger partial charge in [-0.2, -0.15) is 0 Å². The SMILES string of the molecule is CC1CNc2ccccc2N1CC1(O)CCCCC1. The fourth-order valence-corrected chi connectivity index (χ4v) is 3.40.